The number of hydrogen-bond donors (Lipinski definition) is 2. The fourth-order valence-electron chi connectivity index (χ4n) is 2.57. The number of rotatable bonds is 2. The van der Waals surface area contributed by atoms with Gasteiger partial charge in [0.25, 0.3) is 0 Å². The van der Waals surface area contributed by atoms with Crippen LogP contribution < -0.4 is 10.6 Å². The number of hydrogen-bond acceptors (Lipinski definition) is 1. The second kappa shape index (κ2) is 6.19. The van der Waals surface area contributed by atoms with Crippen LogP contribution in [0.15, 0.2) is 24.3 Å². The summed E-state index contributed by atoms with van der Waals surface area (Å²) < 4.78 is 0. The molecule has 0 spiro atoms. The molecule has 2 N–H and O–H groups in total. The summed E-state index contributed by atoms with van der Waals surface area (Å²) in [6.45, 7) is 4.40. The van der Waals surface area contributed by atoms with E-state index >= 15 is 0 Å². The molecule has 0 aromatic heterocycles. The largest absolute Gasteiger partial charge is 0.359 e. The molecule has 3 heteroatoms. The molecule has 2 atom stereocenters. The Labute approximate surface area is 115 Å². The van der Waals surface area contributed by atoms with Crippen LogP contribution in [0.2, 0.25) is 0 Å². The highest BCUT2D eigenvalue weighted by Gasteiger charge is 2.21. The number of aryl methyl sites for hydroxylation is 1. The van der Waals surface area contributed by atoms with Crippen molar-refractivity contribution in [3.8, 4) is 0 Å². The van der Waals surface area contributed by atoms with Gasteiger partial charge < -0.3 is 10.6 Å². The summed E-state index contributed by atoms with van der Waals surface area (Å²) in [5, 5.41) is 7.52. The predicted octanol–water partition coefficient (Wildman–Crippen LogP) is 3.86. The van der Waals surface area contributed by atoms with E-state index in [2.05, 4.69) is 36.6 Å². The van der Waals surface area contributed by atoms with Crippen molar-refractivity contribution in [3.63, 3.8) is 0 Å². The van der Waals surface area contributed by atoms with Gasteiger partial charge in [0, 0.05) is 11.7 Å². The van der Waals surface area contributed by atoms with Crippen LogP contribution in [0, 0.1) is 12.8 Å². The topological polar surface area (TPSA) is 24.1 Å². The Balaban J connectivity index is 1.90. The SMILES string of the molecule is Cc1ccccc1NC(=S)N[C@@H]1CCCC[C@@H]1C. The normalized spacial score (nSPS) is 23.4. The van der Waals surface area contributed by atoms with Crippen molar-refractivity contribution in [1.82, 2.24) is 5.32 Å². The molecule has 1 aromatic carbocycles. The van der Waals surface area contributed by atoms with Gasteiger partial charge in [-0.3, -0.25) is 0 Å². The minimum absolute atomic E-state index is 0.530. The molecule has 1 aromatic rings. The maximum atomic E-state index is 5.41. The monoisotopic (exact) mass is 262 g/mol. The molecule has 1 aliphatic carbocycles. The molecule has 0 aliphatic heterocycles. The molecule has 0 unspecified atom stereocenters. The van der Waals surface area contributed by atoms with E-state index in [0.717, 1.165) is 16.7 Å². The standard InChI is InChI=1S/C15H22N2S/c1-11-7-3-5-9-13(11)16-15(18)17-14-10-6-4-8-12(14)2/h3,5,7,9,12,14H,4,6,8,10H2,1-2H3,(H2,16,17,18)/t12-,14+/m0/s1. The quantitative estimate of drug-likeness (QED) is 0.791. The Hall–Kier alpha value is -1.09. The maximum absolute atomic E-state index is 5.41. The molecule has 0 bridgehead atoms. The third-order valence-electron chi connectivity index (χ3n) is 3.82. The summed E-state index contributed by atoms with van der Waals surface area (Å²) in [6, 6.07) is 8.76. The van der Waals surface area contributed by atoms with Crippen LogP contribution in [-0.2, 0) is 0 Å². The Bertz CT molecular complexity index is 417. The van der Waals surface area contributed by atoms with Gasteiger partial charge in [-0.05, 0) is 49.5 Å². The highest BCUT2D eigenvalue weighted by Crippen LogP contribution is 2.24. The minimum Gasteiger partial charge on any atom is -0.359 e. The van der Waals surface area contributed by atoms with Crippen LogP contribution in [0.5, 0.6) is 0 Å². The van der Waals surface area contributed by atoms with Gasteiger partial charge in [-0.1, -0.05) is 38.0 Å². The predicted molar refractivity (Wildman–Crippen MR) is 82.0 cm³/mol. The molecule has 0 saturated heterocycles. The summed E-state index contributed by atoms with van der Waals surface area (Å²) in [4.78, 5) is 0. The summed E-state index contributed by atoms with van der Waals surface area (Å²) in [5.41, 5.74) is 2.32. The van der Waals surface area contributed by atoms with E-state index < -0.39 is 0 Å². The third-order valence-corrected chi connectivity index (χ3v) is 4.04. The van der Waals surface area contributed by atoms with E-state index in [-0.39, 0.29) is 0 Å². The molecule has 2 rings (SSSR count). The zero-order chi connectivity index (χ0) is 13.0. The minimum atomic E-state index is 0.530. The summed E-state index contributed by atoms with van der Waals surface area (Å²) in [6.07, 6.45) is 5.22. The zero-order valence-electron chi connectivity index (χ0n) is 11.2. The van der Waals surface area contributed by atoms with Crippen LogP contribution >= 0.6 is 12.2 Å². The summed E-state index contributed by atoms with van der Waals surface area (Å²) >= 11 is 5.41. The molecular formula is C15H22N2S. The van der Waals surface area contributed by atoms with Crippen LogP contribution in [-0.4, -0.2) is 11.2 Å². The van der Waals surface area contributed by atoms with E-state index in [4.69, 9.17) is 12.2 Å². The van der Waals surface area contributed by atoms with Crippen LogP contribution in [0.4, 0.5) is 5.69 Å². The highest BCUT2D eigenvalue weighted by molar-refractivity contribution is 7.80. The van der Waals surface area contributed by atoms with Gasteiger partial charge in [-0.25, -0.2) is 0 Å². The smallest absolute Gasteiger partial charge is 0.171 e. The summed E-state index contributed by atoms with van der Waals surface area (Å²) in [5.74, 6) is 0.718. The molecule has 1 saturated carbocycles. The van der Waals surface area contributed by atoms with Crippen molar-refractivity contribution in [1.29, 1.82) is 0 Å². The van der Waals surface area contributed by atoms with Crippen LogP contribution in [0.3, 0.4) is 0 Å². The lowest BCUT2D eigenvalue weighted by molar-refractivity contribution is 0.309. The van der Waals surface area contributed by atoms with Gasteiger partial charge in [-0.2, -0.15) is 0 Å². The molecule has 1 fully saturated rings. The first-order chi connectivity index (χ1) is 8.66. The van der Waals surface area contributed by atoms with Crippen molar-refractivity contribution in [2.45, 2.75) is 45.6 Å². The number of thiocarbonyl (C=S) groups is 1. The molecule has 0 amide bonds. The summed E-state index contributed by atoms with van der Waals surface area (Å²) in [7, 11) is 0. The van der Waals surface area contributed by atoms with E-state index in [0.29, 0.717) is 6.04 Å². The third kappa shape index (κ3) is 3.45. The second-order valence-corrected chi connectivity index (χ2v) is 5.69. The number of benzene rings is 1. The van der Waals surface area contributed by atoms with Gasteiger partial charge in [0.2, 0.25) is 0 Å². The van der Waals surface area contributed by atoms with Crippen LogP contribution in [0.1, 0.15) is 38.2 Å². The Morgan fingerprint density at radius 1 is 1.22 bits per heavy atom. The van der Waals surface area contributed by atoms with E-state index in [1.54, 1.807) is 0 Å². The lowest BCUT2D eigenvalue weighted by Crippen LogP contribution is -2.43. The van der Waals surface area contributed by atoms with Crippen LogP contribution in [0.25, 0.3) is 0 Å². The van der Waals surface area contributed by atoms with Gasteiger partial charge in [-0.15, -0.1) is 0 Å². The second-order valence-electron chi connectivity index (χ2n) is 5.28. The maximum Gasteiger partial charge on any atom is 0.171 e. The number of anilines is 1. The average molecular weight is 262 g/mol. The average Bonchev–Trinajstić information content (AvgIpc) is 2.35. The van der Waals surface area contributed by atoms with Gasteiger partial charge in [0.1, 0.15) is 0 Å². The molecular weight excluding hydrogens is 240 g/mol. The number of para-hydroxylation sites is 1. The first kappa shape index (κ1) is 13.3. The van der Waals surface area contributed by atoms with E-state index in [1.807, 2.05) is 12.1 Å². The number of nitrogens with one attached hydrogen (secondary N) is 2. The van der Waals surface area contributed by atoms with Gasteiger partial charge in [0.05, 0.1) is 0 Å². The lowest BCUT2D eigenvalue weighted by atomic mass is 9.86. The first-order valence-electron chi connectivity index (χ1n) is 6.80. The first-order valence-corrected chi connectivity index (χ1v) is 7.21. The Morgan fingerprint density at radius 3 is 2.67 bits per heavy atom. The van der Waals surface area contributed by atoms with Gasteiger partial charge >= 0.3 is 0 Å². The Kier molecular flexibility index (Phi) is 4.59. The molecule has 98 valence electrons. The van der Waals surface area contributed by atoms with Crippen molar-refractivity contribution >= 4 is 23.0 Å². The molecule has 0 radical (unpaired) electrons. The molecule has 18 heavy (non-hydrogen) atoms. The fourth-order valence-corrected chi connectivity index (χ4v) is 2.83. The van der Waals surface area contributed by atoms with Crippen molar-refractivity contribution in [2.75, 3.05) is 5.32 Å². The lowest BCUT2D eigenvalue weighted by Gasteiger charge is -2.30. The van der Waals surface area contributed by atoms with E-state index in [1.165, 1.54) is 31.2 Å². The Morgan fingerprint density at radius 2 is 1.94 bits per heavy atom. The van der Waals surface area contributed by atoms with Gasteiger partial charge in [0.15, 0.2) is 5.11 Å². The van der Waals surface area contributed by atoms with Crippen molar-refractivity contribution in [3.05, 3.63) is 29.8 Å². The zero-order valence-corrected chi connectivity index (χ0v) is 12.0. The highest BCUT2D eigenvalue weighted by atomic mass is 32.1. The molecule has 2 nitrogen and oxygen atoms in total. The molecule has 0 heterocycles. The van der Waals surface area contributed by atoms with Crippen molar-refractivity contribution < 1.29 is 0 Å². The molecule has 1 aliphatic rings. The van der Waals surface area contributed by atoms with E-state index in [9.17, 15) is 0 Å². The van der Waals surface area contributed by atoms with Crippen molar-refractivity contribution in [2.24, 2.45) is 5.92 Å². The fraction of sp³-hybridized carbons (Fsp3) is 0.533.